The van der Waals surface area contributed by atoms with Crippen LogP contribution in [0.1, 0.15) is 17.3 Å². The quantitative estimate of drug-likeness (QED) is 0.664. The van der Waals surface area contributed by atoms with Gasteiger partial charge in [0.05, 0.1) is 11.9 Å². The monoisotopic (exact) mass is 283 g/mol. The van der Waals surface area contributed by atoms with Gasteiger partial charge in [-0.3, -0.25) is 19.4 Å². The zero-order valence-electron chi connectivity index (χ0n) is 11.3. The number of amides is 2. The number of aromatic nitrogens is 1. The smallest absolute Gasteiger partial charge is 0.314 e. The molecule has 1 aromatic carbocycles. The summed E-state index contributed by atoms with van der Waals surface area (Å²) in [4.78, 5) is 38.4. The third kappa shape index (κ3) is 3.97. The Balaban J connectivity index is 1.97. The number of ketones is 1. The molecule has 1 heterocycles. The summed E-state index contributed by atoms with van der Waals surface area (Å²) in [6.45, 7) is 1.45. The number of pyridine rings is 1. The summed E-state index contributed by atoms with van der Waals surface area (Å²) < 4.78 is 0. The molecule has 0 radical (unpaired) electrons. The second-order valence-corrected chi connectivity index (χ2v) is 4.28. The maximum Gasteiger partial charge on any atom is 0.314 e. The topological polar surface area (TPSA) is 88.2 Å². The number of hydrogen-bond donors (Lipinski definition) is 2. The molecule has 0 saturated heterocycles. The van der Waals surface area contributed by atoms with E-state index in [4.69, 9.17) is 0 Å². The molecule has 2 amide bonds. The summed E-state index contributed by atoms with van der Waals surface area (Å²) in [6, 6.07) is 9.56. The van der Waals surface area contributed by atoms with E-state index in [9.17, 15) is 14.4 Å². The Hall–Kier alpha value is -3.02. The van der Waals surface area contributed by atoms with E-state index in [1.54, 1.807) is 42.6 Å². The van der Waals surface area contributed by atoms with E-state index >= 15 is 0 Å². The molecule has 106 valence electrons. The van der Waals surface area contributed by atoms with Crippen LogP contribution in [0.25, 0.3) is 0 Å². The third-order valence-corrected chi connectivity index (χ3v) is 2.67. The summed E-state index contributed by atoms with van der Waals surface area (Å²) in [5.41, 5.74) is 1.41. The molecule has 21 heavy (non-hydrogen) atoms. The van der Waals surface area contributed by atoms with Crippen LogP contribution in [0.15, 0.2) is 48.8 Å². The summed E-state index contributed by atoms with van der Waals surface area (Å²) in [5.74, 6) is -1.66. The average Bonchev–Trinajstić information content (AvgIpc) is 2.48. The van der Waals surface area contributed by atoms with Gasteiger partial charge in [-0.2, -0.15) is 0 Å². The summed E-state index contributed by atoms with van der Waals surface area (Å²) in [6.07, 6.45) is 3.00. The summed E-state index contributed by atoms with van der Waals surface area (Å²) >= 11 is 0. The minimum atomic E-state index is -0.797. The molecule has 0 saturated carbocycles. The lowest BCUT2D eigenvalue weighted by Crippen LogP contribution is -2.29. The van der Waals surface area contributed by atoms with Crippen molar-refractivity contribution < 1.29 is 14.4 Å². The van der Waals surface area contributed by atoms with Crippen molar-refractivity contribution in [2.45, 2.75) is 6.92 Å². The maximum atomic E-state index is 11.7. The number of benzene rings is 1. The molecule has 0 atom stereocenters. The number of nitrogens with one attached hydrogen (secondary N) is 2. The zero-order chi connectivity index (χ0) is 15.2. The molecule has 0 aliphatic heterocycles. The van der Waals surface area contributed by atoms with Crippen molar-refractivity contribution in [1.82, 2.24) is 4.98 Å². The van der Waals surface area contributed by atoms with Crippen LogP contribution in [-0.4, -0.2) is 22.6 Å². The fraction of sp³-hybridized carbons (Fsp3) is 0.0667. The van der Waals surface area contributed by atoms with E-state index in [-0.39, 0.29) is 5.78 Å². The fourth-order valence-electron chi connectivity index (χ4n) is 1.60. The number of nitrogens with zero attached hydrogens (tertiary/aromatic N) is 1. The molecule has 6 heteroatoms. The van der Waals surface area contributed by atoms with E-state index in [2.05, 4.69) is 15.6 Å². The number of Topliss-reactive ketones (excluding diaryl/α,β-unsaturated/α-hetero) is 1. The van der Waals surface area contributed by atoms with Crippen LogP contribution in [0.4, 0.5) is 11.4 Å². The highest BCUT2D eigenvalue weighted by atomic mass is 16.2. The molecule has 0 spiro atoms. The molecule has 1 aromatic heterocycles. The van der Waals surface area contributed by atoms with Gasteiger partial charge in [0.1, 0.15) is 0 Å². The van der Waals surface area contributed by atoms with Gasteiger partial charge in [-0.25, -0.2) is 0 Å². The largest absolute Gasteiger partial charge is 0.318 e. The molecule has 0 bridgehead atoms. The first-order valence-corrected chi connectivity index (χ1v) is 6.19. The first kappa shape index (κ1) is 14.4. The predicted octanol–water partition coefficient (Wildman–Crippen LogP) is 1.86. The molecular weight excluding hydrogens is 270 g/mol. The van der Waals surface area contributed by atoms with Crippen LogP contribution in [0.3, 0.4) is 0 Å². The van der Waals surface area contributed by atoms with Crippen LogP contribution in [0.5, 0.6) is 0 Å². The normalized spacial score (nSPS) is 9.76. The van der Waals surface area contributed by atoms with Crippen molar-refractivity contribution >= 4 is 29.0 Å². The molecule has 0 aliphatic rings. The number of anilines is 2. The second-order valence-electron chi connectivity index (χ2n) is 4.28. The summed E-state index contributed by atoms with van der Waals surface area (Å²) in [7, 11) is 0. The van der Waals surface area contributed by atoms with Crippen molar-refractivity contribution in [1.29, 1.82) is 0 Å². The van der Waals surface area contributed by atoms with E-state index in [0.717, 1.165) is 0 Å². The Morgan fingerprint density at radius 1 is 0.905 bits per heavy atom. The van der Waals surface area contributed by atoms with Gasteiger partial charge in [0.2, 0.25) is 0 Å². The minimum Gasteiger partial charge on any atom is -0.318 e. The maximum absolute atomic E-state index is 11.7. The second kappa shape index (κ2) is 6.42. The minimum absolute atomic E-state index is 0.0674. The highest BCUT2D eigenvalue weighted by molar-refractivity contribution is 6.43. The van der Waals surface area contributed by atoms with Crippen molar-refractivity contribution in [3.05, 3.63) is 54.4 Å². The van der Waals surface area contributed by atoms with Crippen LogP contribution >= 0.6 is 0 Å². The molecule has 2 rings (SSSR count). The van der Waals surface area contributed by atoms with Crippen molar-refractivity contribution in [2.75, 3.05) is 10.6 Å². The zero-order valence-corrected chi connectivity index (χ0v) is 11.3. The molecule has 2 N–H and O–H groups in total. The van der Waals surface area contributed by atoms with Gasteiger partial charge in [-0.1, -0.05) is 0 Å². The Labute approximate surface area is 121 Å². The SMILES string of the molecule is CC(=O)c1ccc(NC(=O)C(=O)Nc2cccnc2)cc1. The van der Waals surface area contributed by atoms with Crippen LogP contribution in [0.2, 0.25) is 0 Å². The molecule has 0 aliphatic carbocycles. The van der Waals surface area contributed by atoms with Gasteiger partial charge < -0.3 is 10.6 Å². The van der Waals surface area contributed by atoms with Gasteiger partial charge in [0, 0.05) is 17.4 Å². The lowest BCUT2D eigenvalue weighted by Gasteiger charge is -2.06. The number of carbonyl (C=O) groups is 3. The molecule has 6 nitrogen and oxygen atoms in total. The van der Waals surface area contributed by atoms with E-state index in [1.807, 2.05) is 0 Å². The van der Waals surface area contributed by atoms with Gasteiger partial charge in [-0.05, 0) is 43.3 Å². The first-order valence-electron chi connectivity index (χ1n) is 6.19. The summed E-state index contributed by atoms with van der Waals surface area (Å²) in [5, 5.41) is 4.87. The molecular formula is C15H13N3O3. The highest BCUT2D eigenvalue weighted by Crippen LogP contribution is 2.10. The van der Waals surface area contributed by atoms with Crippen molar-refractivity contribution in [2.24, 2.45) is 0 Å². The van der Waals surface area contributed by atoms with E-state index in [1.165, 1.54) is 13.1 Å². The van der Waals surface area contributed by atoms with Crippen LogP contribution in [-0.2, 0) is 9.59 Å². The van der Waals surface area contributed by atoms with Gasteiger partial charge in [0.25, 0.3) is 0 Å². The lowest BCUT2D eigenvalue weighted by molar-refractivity contribution is -0.133. The van der Waals surface area contributed by atoms with Crippen LogP contribution < -0.4 is 10.6 Å². The highest BCUT2D eigenvalue weighted by Gasteiger charge is 2.14. The Morgan fingerprint density at radius 2 is 1.52 bits per heavy atom. The Bertz CT molecular complexity index is 666. The van der Waals surface area contributed by atoms with Crippen molar-refractivity contribution in [3.63, 3.8) is 0 Å². The van der Waals surface area contributed by atoms with E-state index < -0.39 is 11.8 Å². The van der Waals surface area contributed by atoms with Gasteiger partial charge >= 0.3 is 11.8 Å². The lowest BCUT2D eigenvalue weighted by atomic mass is 10.1. The number of hydrogen-bond acceptors (Lipinski definition) is 4. The predicted molar refractivity (Wildman–Crippen MR) is 77.9 cm³/mol. The fourth-order valence-corrected chi connectivity index (χ4v) is 1.60. The standard InChI is InChI=1S/C15H13N3O3/c1-10(19)11-4-6-12(7-5-11)17-14(20)15(21)18-13-3-2-8-16-9-13/h2-9H,1H3,(H,17,20)(H,18,21). The van der Waals surface area contributed by atoms with Gasteiger partial charge in [0.15, 0.2) is 5.78 Å². The number of rotatable bonds is 3. The van der Waals surface area contributed by atoms with Crippen LogP contribution in [0, 0.1) is 0 Å². The molecule has 0 fully saturated rings. The third-order valence-electron chi connectivity index (χ3n) is 2.67. The van der Waals surface area contributed by atoms with Crippen molar-refractivity contribution in [3.8, 4) is 0 Å². The van der Waals surface area contributed by atoms with Gasteiger partial charge in [-0.15, -0.1) is 0 Å². The molecule has 2 aromatic rings. The Morgan fingerprint density at radius 3 is 2.05 bits per heavy atom. The Kier molecular flexibility index (Phi) is 4.40. The average molecular weight is 283 g/mol. The van der Waals surface area contributed by atoms with E-state index in [0.29, 0.717) is 16.9 Å². The number of carbonyl (C=O) groups excluding carboxylic acids is 3. The molecule has 0 unspecified atom stereocenters. The first-order chi connectivity index (χ1) is 10.1.